The second kappa shape index (κ2) is 5.73. The predicted molar refractivity (Wildman–Crippen MR) is 81.0 cm³/mol. The average molecular weight is 296 g/mol. The van der Waals surface area contributed by atoms with E-state index >= 15 is 0 Å². The van der Waals surface area contributed by atoms with Gasteiger partial charge in [-0.05, 0) is 17.7 Å². The molecule has 3 rings (SSSR count). The van der Waals surface area contributed by atoms with Gasteiger partial charge in [0.15, 0.2) is 5.43 Å². The van der Waals surface area contributed by atoms with Crippen LogP contribution in [0.1, 0.15) is 0 Å². The molecule has 0 saturated carbocycles. The fraction of sp³-hybridized carbons (Fsp3) is 0.0588. The molecular weight excluding hydrogens is 284 g/mol. The van der Waals surface area contributed by atoms with Crippen LogP contribution in [-0.4, -0.2) is 13.3 Å². The SMILES string of the molecule is COC(=O)Oc1ccc2c(=O)c(-c3ccccc3)coc2c1. The minimum absolute atomic E-state index is 0.142. The number of benzene rings is 2. The van der Waals surface area contributed by atoms with E-state index in [4.69, 9.17) is 9.15 Å². The first-order chi connectivity index (χ1) is 10.7. The minimum atomic E-state index is -0.831. The van der Waals surface area contributed by atoms with Crippen LogP contribution in [0.25, 0.3) is 22.1 Å². The minimum Gasteiger partial charge on any atom is -0.463 e. The number of ether oxygens (including phenoxy) is 2. The highest BCUT2D eigenvalue weighted by molar-refractivity contribution is 5.83. The molecular formula is C17H12O5. The highest BCUT2D eigenvalue weighted by Crippen LogP contribution is 2.23. The molecule has 0 radical (unpaired) electrons. The number of fused-ring (bicyclic) bond motifs is 1. The molecule has 0 N–H and O–H groups in total. The van der Waals surface area contributed by atoms with Crippen LogP contribution < -0.4 is 10.2 Å². The zero-order valence-electron chi connectivity index (χ0n) is 11.7. The third-order valence-electron chi connectivity index (χ3n) is 3.20. The summed E-state index contributed by atoms with van der Waals surface area (Å²) >= 11 is 0. The van der Waals surface area contributed by atoms with E-state index in [1.54, 1.807) is 6.07 Å². The molecule has 0 aliphatic rings. The Balaban J connectivity index is 2.08. The summed E-state index contributed by atoms with van der Waals surface area (Å²) in [6.45, 7) is 0. The summed E-state index contributed by atoms with van der Waals surface area (Å²) in [7, 11) is 1.22. The molecule has 110 valence electrons. The van der Waals surface area contributed by atoms with Gasteiger partial charge in [-0.3, -0.25) is 4.79 Å². The molecule has 0 fully saturated rings. The molecule has 0 unspecified atom stereocenters. The Morgan fingerprint density at radius 1 is 1.09 bits per heavy atom. The number of rotatable bonds is 2. The van der Waals surface area contributed by atoms with Gasteiger partial charge in [-0.15, -0.1) is 0 Å². The monoisotopic (exact) mass is 296 g/mol. The third-order valence-corrected chi connectivity index (χ3v) is 3.20. The van der Waals surface area contributed by atoms with Crippen LogP contribution in [0.2, 0.25) is 0 Å². The summed E-state index contributed by atoms with van der Waals surface area (Å²) in [5, 5.41) is 0.415. The first-order valence-electron chi connectivity index (χ1n) is 6.56. The van der Waals surface area contributed by atoms with Crippen molar-refractivity contribution in [3.8, 4) is 16.9 Å². The van der Waals surface area contributed by atoms with Crippen molar-refractivity contribution in [2.75, 3.05) is 7.11 Å². The van der Waals surface area contributed by atoms with Crippen molar-refractivity contribution < 1.29 is 18.7 Å². The Hall–Kier alpha value is -3.08. The number of hydrogen-bond acceptors (Lipinski definition) is 5. The normalized spacial score (nSPS) is 10.4. The van der Waals surface area contributed by atoms with Gasteiger partial charge in [-0.2, -0.15) is 0 Å². The highest BCUT2D eigenvalue weighted by atomic mass is 16.7. The van der Waals surface area contributed by atoms with Gasteiger partial charge >= 0.3 is 6.16 Å². The summed E-state index contributed by atoms with van der Waals surface area (Å²) < 4.78 is 14.8. The number of carbonyl (C=O) groups is 1. The van der Waals surface area contributed by atoms with E-state index in [0.717, 1.165) is 5.56 Å². The van der Waals surface area contributed by atoms with Gasteiger partial charge in [-0.1, -0.05) is 30.3 Å². The van der Waals surface area contributed by atoms with E-state index < -0.39 is 6.16 Å². The largest absolute Gasteiger partial charge is 0.513 e. The Bertz CT molecular complexity index is 880. The van der Waals surface area contributed by atoms with Crippen molar-refractivity contribution in [2.45, 2.75) is 0 Å². The lowest BCUT2D eigenvalue weighted by molar-refractivity contribution is 0.121. The van der Waals surface area contributed by atoms with Crippen molar-refractivity contribution in [1.29, 1.82) is 0 Å². The van der Waals surface area contributed by atoms with Gasteiger partial charge in [0.2, 0.25) is 0 Å². The van der Waals surface area contributed by atoms with Gasteiger partial charge < -0.3 is 13.9 Å². The molecule has 1 aromatic heterocycles. The van der Waals surface area contributed by atoms with Crippen molar-refractivity contribution >= 4 is 17.1 Å². The maximum absolute atomic E-state index is 12.5. The predicted octanol–water partition coefficient (Wildman–Crippen LogP) is 3.61. The van der Waals surface area contributed by atoms with Crippen LogP contribution in [0, 0.1) is 0 Å². The quantitative estimate of drug-likeness (QED) is 0.534. The lowest BCUT2D eigenvalue weighted by atomic mass is 10.1. The fourth-order valence-corrected chi connectivity index (χ4v) is 2.13. The lowest BCUT2D eigenvalue weighted by Crippen LogP contribution is -2.08. The van der Waals surface area contributed by atoms with E-state index in [1.807, 2.05) is 30.3 Å². The molecule has 0 aliphatic heterocycles. The first-order valence-corrected chi connectivity index (χ1v) is 6.56. The molecule has 0 atom stereocenters. The molecule has 0 saturated heterocycles. The molecule has 3 aromatic rings. The van der Waals surface area contributed by atoms with Crippen LogP contribution >= 0.6 is 0 Å². The van der Waals surface area contributed by atoms with Gasteiger partial charge in [0, 0.05) is 6.07 Å². The van der Waals surface area contributed by atoms with Gasteiger partial charge in [0.1, 0.15) is 17.6 Å². The van der Waals surface area contributed by atoms with Crippen molar-refractivity contribution in [3.05, 3.63) is 65.0 Å². The molecule has 0 amide bonds. The number of methoxy groups -OCH3 is 1. The van der Waals surface area contributed by atoms with Crippen LogP contribution in [0.4, 0.5) is 4.79 Å². The van der Waals surface area contributed by atoms with E-state index in [2.05, 4.69) is 4.74 Å². The van der Waals surface area contributed by atoms with Crippen LogP contribution in [0.15, 0.2) is 64.0 Å². The molecule has 0 aliphatic carbocycles. The third kappa shape index (κ3) is 2.56. The average Bonchev–Trinajstić information content (AvgIpc) is 2.56. The van der Waals surface area contributed by atoms with Crippen molar-refractivity contribution in [3.63, 3.8) is 0 Å². The molecule has 2 aromatic carbocycles. The van der Waals surface area contributed by atoms with Crippen molar-refractivity contribution in [2.24, 2.45) is 0 Å². The van der Waals surface area contributed by atoms with E-state index in [-0.39, 0.29) is 11.2 Å². The summed E-state index contributed by atoms with van der Waals surface area (Å²) in [4.78, 5) is 23.6. The molecule has 5 heteroatoms. The Labute approximate surface area is 125 Å². The zero-order valence-corrected chi connectivity index (χ0v) is 11.7. The lowest BCUT2D eigenvalue weighted by Gasteiger charge is -2.05. The second-order valence-electron chi connectivity index (χ2n) is 4.56. The summed E-state index contributed by atoms with van der Waals surface area (Å²) in [5.41, 5.74) is 1.46. The summed E-state index contributed by atoms with van der Waals surface area (Å²) in [5.74, 6) is 0.245. The van der Waals surface area contributed by atoms with E-state index in [9.17, 15) is 9.59 Å². The van der Waals surface area contributed by atoms with E-state index in [0.29, 0.717) is 16.5 Å². The topological polar surface area (TPSA) is 65.7 Å². The maximum atomic E-state index is 12.5. The Kier molecular flexibility index (Phi) is 3.62. The maximum Gasteiger partial charge on any atom is 0.513 e. The zero-order chi connectivity index (χ0) is 15.5. The van der Waals surface area contributed by atoms with Crippen molar-refractivity contribution in [1.82, 2.24) is 0 Å². The Morgan fingerprint density at radius 3 is 2.59 bits per heavy atom. The van der Waals surface area contributed by atoms with E-state index in [1.165, 1.54) is 25.5 Å². The molecule has 22 heavy (non-hydrogen) atoms. The smallest absolute Gasteiger partial charge is 0.463 e. The molecule has 0 bridgehead atoms. The fourth-order valence-electron chi connectivity index (χ4n) is 2.13. The standard InChI is InChI=1S/C17H12O5/c1-20-17(19)22-12-7-8-13-15(9-12)21-10-14(16(13)18)11-5-3-2-4-6-11/h2-10H,1H3. The van der Waals surface area contributed by atoms with Crippen LogP contribution in [0.5, 0.6) is 5.75 Å². The second-order valence-corrected chi connectivity index (χ2v) is 4.56. The molecule has 1 heterocycles. The molecule has 5 nitrogen and oxygen atoms in total. The molecule has 0 spiro atoms. The van der Waals surface area contributed by atoms with Gasteiger partial charge in [0.05, 0.1) is 18.1 Å². The first kappa shape index (κ1) is 13.9. The number of carbonyl (C=O) groups excluding carboxylic acids is 1. The number of hydrogen-bond donors (Lipinski definition) is 0. The Morgan fingerprint density at radius 2 is 1.86 bits per heavy atom. The van der Waals surface area contributed by atoms with Crippen LogP contribution in [-0.2, 0) is 4.74 Å². The summed E-state index contributed by atoms with van der Waals surface area (Å²) in [6.07, 6.45) is 0.574. The van der Waals surface area contributed by atoms with Gasteiger partial charge in [-0.25, -0.2) is 4.79 Å². The van der Waals surface area contributed by atoms with Gasteiger partial charge in [0.25, 0.3) is 0 Å². The van der Waals surface area contributed by atoms with Crippen LogP contribution in [0.3, 0.4) is 0 Å². The highest BCUT2D eigenvalue weighted by Gasteiger charge is 2.11. The summed E-state index contributed by atoms with van der Waals surface area (Å²) in [6, 6.07) is 13.8.